The highest BCUT2D eigenvalue weighted by atomic mass is 19.4. The molecule has 0 saturated carbocycles. The number of alkyl halides is 3. The molecule has 0 aromatic heterocycles. The van der Waals surface area contributed by atoms with Crippen LogP contribution >= 0.6 is 0 Å². The Morgan fingerprint density at radius 2 is 1.87 bits per heavy atom. The number of nitrogens with zero attached hydrogens (tertiary/aromatic N) is 1. The van der Waals surface area contributed by atoms with Gasteiger partial charge >= 0.3 is 6.18 Å². The van der Waals surface area contributed by atoms with Crippen molar-refractivity contribution in [3.8, 4) is 0 Å². The second-order valence-corrected chi connectivity index (χ2v) is 3.18. The number of Topliss-reactive ketones (excluding diaryl/α,β-unsaturated/α-hetero) is 1. The SMILES string of the molecule is CCCCCC/C(=N\O)C(=O)C(F)(F)F. The van der Waals surface area contributed by atoms with E-state index in [1.807, 2.05) is 6.92 Å². The summed E-state index contributed by atoms with van der Waals surface area (Å²) in [5, 5.41) is 10.7. The smallest absolute Gasteiger partial charge is 0.411 e. The lowest BCUT2D eigenvalue weighted by Crippen LogP contribution is -2.30. The number of rotatable bonds is 6. The van der Waals surface area contributed by atoms with Gasteiger partial charge in [0, 0.05) is 0 Å². The summed E-state index contributed by atoms with van der Waals surface area (Å²) in [5.41, 5.74) is -0.807. The molecule has 0 spiro atoms. The van der Waals surface area contributed by atoms with Gasteiger partial charge < -0.3 is 5.21 Å². The fourth-order valence-corrected chi connectivity index (χ4v) is 1.09. The van der Waals surface area contributed by atoms with E-state index in [-0.39, 0.29) is 6.42 Å². The van der Waals surface area contributed by atoms with E-state index in [0.717, 1.165) is 19.3 Å². The molecule has 0 amide bonds. The second kappa shape index (κ2) is 6.42. The first-order chi connectivity index (χ1) is 6.93. The highest BCUT2D eigenvalue weighted by Gasteiger charge is 2.41. The van der Waals surface area contributed by atoms with Gasteiger partial charge in [-0.3, -0.25) is 4.79 Å². The van der Waals surface area contributed by atoms with Gasteiger partial charge in [-0.2, -0.15) is 13.2 Å². The lowest BCUT2D eigenvalue weighted by Gasteiger charge is -2.06. The molecular formula is C9H14F3NO2. The molecule has 0 aliphatic heterocycles. The summed E-state index contributed by atoms with van der Waals surface area (Å²) < 4.78 is 35.8. The van der Waals surface area contributed by atoms with Crippen molar-refractivity contribution in [1.29, 1.82) is 0 Å². The summed E-state index contributed by atoms with van der Waals surface area (Å²) >= 11 is 0. The van der Waals surface area contributed by atoms with Crippen molar-refractivity contribution in [2.45, 2.75) is 45.2 Å². The molecule has 88 valence electrons. The molecule has 6 heteroatoms. The van der Waals surface area contributed by atoms with Gasteiger partial charge in [0.15, 0.2) is 0 Å². The van der Waals surface area contributed by atoms with Crippen LogP contribution in [0.15, 0.2) is 5.16 Å². The summed E-state index contributed by atoms with van der Waals surface area (Å²) in [6, 6.07) is 0. The normalized spacial score (nSPS) is 12.9. The number of hydrogen-bond donors (Lipinski definition) is 1. The molecule has 0 aromatic carbocycles. The molecular weight excluding hydrogens is 211 g/mol. The molecule has 0 heterocycles. The number of carbonyl (C=O) groups is 1. The minimum atomic E-state index is -4.95. The van der Waals surface area contributed by atoms with E-state index in [1.165, 1.54) is 0 Å². The van der Waals surface area contributed by atoms with Crippen LogP contribution < -0.4 is 0 Å². The third-order valence-corrected chi connectivity index (χ3v) is 1.91. The Labute approximate surface area is 86.0 Å². The van der Waals surface area contributed by atoms with E-state index in [1.54, 1.807) is 0 Å². The van der Waals surface area contributed by atoms with Crippen LogP contribution in [-0.4, -0.2) is 22.9 Å². The van der Waals surface area contributed by atoms with E-state index in [4.69, 9.17) is 5.21 Å². The first kappa shape index (κ1) is 13.9. The number of hydrogen-bond acceptors (Lipinski definition) is 3. The van der Waals surface area contributed by atoms with Crippen molar-refractivity contribution in [3.63, 3.8) is 0 Å². The number of unbranched alkanes of at least 4 members (excludes halogenated alkanes) is 3. The van der Waals surface area contributed by atoms with Gasteiger partial charge in [0.25, 0.3) is 5.78 Å². The van der Waals surface area contributed by atoms with E-state index in [0.29, 0.717) is 6.42 Å². The molecule has 3 nitrogen and oxygen atoms in total. The molecule has 1 N–H and O–H groups in total. The molecule has 0 saturated heterocycles. The summed E-state index contributed by atoms with van der Waals surface area (Å²) in [7, 11) is 0. The van der Waals surface area contributed by atoms with Crippen molar-refractivity contribution in [2.75, 3.05) is 0 Å². The molecule has 0 aliphatic rings. The Kier molecular flexibility index (Phi) is 5.96. The van der Waals surface area contributed by atoms with Crippen molar-refractivity contribution >= 4 is 11.5 Å². The highest BCUT2D eigenvalue weighted by molar-refractivity contribution is 6.41. The predicted molar refractivity (Wildman–Crippen MR) is 49.0 cm³/mol. The standard InChI is InChI=1S/C9H14F3NO2/c1-2-3-4-5-6-7(13-15)8(14)9(10,11)12/h15H,2-6H2,1H3/b13-7+. The van der Waals surface area contributed by atoms with Gasteiger partial charge in [-0.05, 0) is 12.8 Å². The molecule has 0 fully saturated rings. The van der Waals surface area contributed by atoms with Crippen LogP contribution in [0.4, 0.5) is 13.2 Å². The van der Waals surface area contributed by atoms with Crippen molar-refractivity contribution in [1.82, 2.24) is 0 Å². The Hall–Kier alpha value is -1.07. The topological polar surface area (TPSA) is 49.7 Å². The van der Waals surface area contributed by atoms with E-state index in [9.17, 15) is 18.0 Å². The zero-order valence-corrected chi connectivity index (χ0v) is 8.47. The van der Waals surface area contributed by atoms with Gasteiger partial charge in [0.05, 0.1) is 0 Å². The van der Waals surface area contributed by atoms with Crippen LogP contribution in [0.25, 0.3) is 0 Å². The summed E-state index contributed by atoms with van der Waals surface area (Å²) in [6.07, 6.45) is -2.10. The van der Waals surface area contributed by atoms with Crippen LogP contribution in [0.2, 0.25) is 0 Å². The van der Waals surface area contributed by atoms with Gasteiger partial charge in [0.2, 0.25) is 0 Å². The Balaban J connectivity index is 4.11. The summed E-state index contributed by atoms with van der Waals surface area (Å²) in [5.74, 6) is -2.05. The molecule has 15 heavy (non-hydrogen) atoms. The Morgan fingerprint density at radius 1 is 1.27 bits per heavy atom. The predicted octanol–water partition coefficient (Wildman–Crippen LogP) is 2.92. The van der Waals surface area contributed by atoms with E-state index >= 15 is 0 Å². The van der Waals surface area contributed by atoms with E-state index < -0.39 is 17.7 Å². The zero-order chi connectivity index (χ0) is 11.9. The van der Waals surface area contributed by atoms with E-state index in [2.05, 4.69) is 5.16 Å². The average Bonchev–Trinajstić information content (AvgIpc) is 2.16. The fraction of sp³-hybridized carbons (Fsp3) is 0.778. The molecule has 0 atom stereocenters. The first-order valence-corrected chi connectivity index (χ1v) is 4.76. The fourth-order valence-electron chi connectivity index (χ4n) is 1.09. The summed E-state index contributed by atoms with van der Waals surface area (Å²) in [4.78, 5) is 10.6. The van der Waals surface area contributed by atoms with Crippen LogP contribution in [0.1, 0.15) is 39.0 Å². The lowest BCUT2D eigenvalue weighted by molar-refractivity contribution is -0.163. The van der Waals surface area contributed by atoms with Crippen molar-refractivity contribution in [3.05, 3.63) is 0 Å². The monoisotopic (exact) mass is 225 g/mol. The lowest BCUT2D eigenvalue weighted by atomic mass is 10.1. The second-order valence-electron chi connectivity index (χ2n) is 3.18. The van der Waals surface area contributed by atoms with Gasteiger partial charge in [0.1, 0.15) is 5.71 Å². The summed E-state index contributed by atoms with van der Waals surface area (Å²) in [6.45, 7) is 1.96. The van der Waals surface area contributed by atoms with Crippen LogP contribution in [0, 0.1) is 0 Å². The highest BCUT2D eigenvalue weighted by Crippen LogP contribution is 2.18. The number of ketones is 1. The van der Waals surface area contributed by atoms with Crippen LogP contribution in [0.5, 0.6) is 0 Å². The Morgan fingerprint density at radius 3 is 2.27 bits per heavy atom. The largest absolute Gasteiger partial charge is 0.456 e. The third-order valence-electron chi connectivity index (χ3n) is 1.91. The Bertz CT molecular complexity index is 236. The van der Waals surface area contributed by atoms with Crippen LogP contribution in [0.3, 0.4) is 0 Å². The maximum absolute atomic E-state index is 11.9. The third kappa shape index (κ3) is 5.39. The number of oxime groups is 1. The maximum atomic E-state index is 11.9. The average molecular weight is 225 g/mol. The minimum absolute atomic E-state index is 0.130. The van der Waals surface area contributed by atoms with Crippen molar-refractivity contribution in [2.24, 2.45) is 5.16 Å². The van der Waals surface area contributed by atoms with Gasteiger partial charge in [-0.1, -0.05) is 31.3 Å². The van der Waals surface area contributed by atoms with Crippen LogP contribution in [-0.2, 0) is 4.79 Å². The van der Waals surface area contributed by atoms with Gasteiger partial charge in [-0.25, -0.2) is 0 Å². The minimum Gasteiger partial charge on any atom is -0.411 e. The van der Waals surface area contributed by atoms with Crippen molar-refractivity contribution < 1.29 is 23.2 Å². The molecule has 0 aliphatic carbocycles. The maximum Gasteiger partial charge on any atom is 0.456 e. The first-order valence-electron chi connectivity index (χ1n) is 4.76. The van der Waals surface area contributed by atoms with Gasteiger partial charge in [-0.15, -0.1) is 0 Å². The molecule has 0 rings (SSSR count). The zero-order valence-electron chi connectivity index (χ0n) is 8.47. The molecule has 0 radical (unpaired) electrons. The number of carbonyl (C=O) groups excluding carboxylic acids is 1. The quantitative estimate of drug-likeness (QED) is 0.327. The molecule has 0 bridgehead atoms. The molecule has 0 aromatic rings. The molecule has 0 unspecified atom stereocenters. The number of halogens is 3.